The molecule has 3 rings (SSSR count). The quantitative estimate of drug-likeness (QED) is 0.703. The summed E-state index contributed by atoms with van der Waals surface area (Å²) in [7, 11) is 0. The lowest BCUT2D eigenvalue weighted by molar-refractivity contribution is -0.137. The molecule has 0 aliphatic heterocycles. The second-order valence-corrected chi connectivity index (χ2v) is 5.32. The fourth-order valence-corrected chi connectivity index (χ4v) is 2.53. The van der Waals surface area contributed by atoms with Crippen LogP contribution in [-0.4, -0.2) is 16.1 Å². The van der Waals surface area contributed by atoms with Gasteiger partial charge in [0.25, 0.3) is 6.01 Å². The van der Waals surface area contributed by atoms with Crippen LogP contribution >= 0.6 is 0 Å². The normalized spacial score (nSPS) is 11.7. The number of anilines is 2. The standard InChI is InChI=1S/C17H13F3N2O3/c1-2-11-12(15(23)24)7-8-13-14(11)22-16(25-13)21-10-5-3-9(4-6-10)17(18,19)20/h3-8H,2H2,1H3,(H,21,22)(H,23,24). The molecule has 0 unspecified atom stereocenters. The maximum Gasteiger partial charge on any atom is 0.416 e. The number of benzene rings is 2. The van der Waals surface area contributed by atoms with Crippen molar-refractivity contribution in [3.63, 3.8) is 0 Å². The molecule has 1 heterocycles. The second kappa shape index (κ2) is 6.12. The van der Waals surface area contributed by atoms with Gasteiger partial charge in [0.2, 0.25) is 0 Å². The number of carboxylic acids is 1. The zero-order valence-electron chi connectivity index (χ0n) is 13.0. The minimum atomic E-state index is -4.40. The zero-order valence-corrected chi connectivity index (χ0v) is 13.0. The molecule has 2 N–H and O–H groups in total. The summed E-state index contributed by atoms with van der Waals surface area (Å²) >= 11 is 0. The fraction of sp³-hybridized carbons (Fsp3) is 0.176. The predicted molar refractivity (Wildman–Crippen MR) is 85.1 cm³/mol. The van der Waals surface area contributed by atoms with E-state index in [-0.39, 0.29) is 11.6 Å². The Kier molecular flexibility index (Phi) is 4.12. The Balaban J connectivity index is 1.93. The summed E-state index contributed by atoms with van der Waals surface area (Å²) in [6.45, 7) is 1.80. The van der Waals surface area contributed by atoms with Crippen LogP contribution in [0.5, 0.6) is 0 Å². The summed E-state index contributed by atoms with van der Waals surface area (Å²) in [6, 6.07) is 7.45. The number of aromatic carboxylic acids is 1. The molecule has 0 aliphatic rings. The van der Waals surface area contributed by atoms with Crippen molar-refractivity contribution < 1.29 is 27.5 Å². The van der Waals surface area contributed by atoms with Gasteiger partial charge in [0, 0.05) is 5.69 Å². The molecule has 1 aromatic heterocycles. The number of rotatable bonds is 4. The third kappa shape index (κ3) is 3.28. The zero-order chi connectivity index (χ0) is 18.2. The highest BCUT2D eigenvalue weighted by Gasteiger charge is 2.30. The lowest BCUT2D eigenvalue weighted by atomic mass is 10.0. The van der Waals surface area contributed by atoms with Gasteiger partial charge >= 0.3 is 12.1 Å². The summed E-state index contributed by atoms with van der Waals surface area (Å²) < 4.78 is 43.2. The minimum absolute atomic E-state index is 0.0759. The first-order chi connectivity index (χ1) is 11.8. The van der Waals surface area contributed by atoms with Gasteiger partial charge in [-0.25, -0.2) is 4.79 Å². The highest BCUT2D eigenvalue weighted by Crippen LogP contribution is 2.31. The maximum absolute atomic E-state index is 12.6. The van der Waals surface area contributed by atoms with Crippen LogP contribution in [0.3, 0.4) is 0 Å². The molecule has 130 valence electrons. The number of nitrogens with zero attached hydrogens (tertiary/aromatic N) is 1. The van der Waals surface area contributed by atoms with E-state index < -0.39 is 17.7 Å². The van der Waals surface area contributed by atoms with Crippen LogP contribution in [0.4, 0.5) is 24.9 Å². The summed E-state index contributed by atoms with van der Waals surface area (Å²) in [5, 5.41) is 12.0. The van der Waals surface area contributed by atoms with E-state index >= 15 is 0 Å². The van der Waals surface area contributed by atoms with Crippen LogP contribution in [0.2, 0.25) is 0 Å². The molecule has 0 saturated heterocycles. The third-order valence-electron chi connectivity index (χ3n) is 3.71. The van der Waals surface area contributed by atoms with Crippen molar-refractivity contribution in [2.45, 2.75) is 19.5 Å². The average Bonchev–Trinajstić information content (AvgIpc) is 2.95. The topological polar surface area (TPSA) is 75.4 Å². The van der Waals surface area contributed by atoms with E-state index in [1.807, 2.05) is 0 Å². The molecular formula is C17H13F3N2O3. The van der Waals surface area contributed by atoms with Crippen molar-refractivity contribution in [2.24, 2.45) is 0 Å². The molecule has 0 amide bonds. The fourth-order valence-electron chi connectivity index (χ4n) is 2.53. The Morgan fingerprint density at radius 2 is 1.88 bits per heavy atom. The summed E-state index contributed by atoms with van der Waals surface area (Å²) in [5.74, 6) is -1.06. The Morgan fingerprint density at radius 3 is 2.44 bits per heavy atom. The smallest absolute Gasteiger partial charge is 0.416 e. The number of hydrogen-bond donors (Lipinski definition) is 2. The number of aryl methyl sites for hydroxylation is 1. The van der Waals surface area contributed by atoms with Gasteiger partial charge < -0.3 is 14.8 Å². The van der Waals surface area contributed by atoms with Crippen LogP contribution in [0.1, 0.15) is 28.4 Å². The number of nitrogens with one attached hydrogen (secondary N) is 1. The van der Waals surface area contributed by atoms with Crippen molar-refractivity contribution in [1.29, 1.82) is 0 Å². The molecule has 0 aliphatic carbocycles. The molecule has 2 aromatic carbocycles. The van der Waals surface area contributed by atoms with Gasteiger partial charge in [-0.1, -0.05) is 6.92 Å². The number of alkyl halides is 3. The number of hydrogen-bond acceptors (Lipinski definition) is 4. The number of fused-ring (bicyclic) bond motifs is 1. The van der Waals surface area contributed by atoms with E-state index in [2.05, 4.69) is 10.3 Å². The lowest BCUT2D eigenvalue weighted by Crippen LogP contribution is -2.04. The van der Waals surface area contributed by atoms with E-state index in [0.717, 1.165) is 12.1 Å². The number of carboxylic acid groups (broad SMARTS) is 1. The predicted octanol–water partition coefficient (Wildman–Crippen LogP) is 4.85. The van der Waals surface area contributed by atoms with E-state index in [9.17, 15) is 23.1 Å². The molecule has 25 heavy (non-hydrogen) atoms. The minimum Gasteiger partial charge on any atom is -0.478 e. The van der Waals surface area contributed by atoms with Gasteiger partial charge in [0.15, 0.2) is 5.58 Å². The lowest BCUT2D eigenvalue weighted by Gasteiger charge is -2.07. The van der Waals surface area contributed by atoms with Crippen molar-refractivity contribution in [3.8, 4) is 0 Å². The van der Waals surface area contributed by atoms with Gasteiger partial charge in [0.05, 0.1) is 11.1 Å². The van der Waals surface area contributed by atoms with Crippen LogP contribution in [0.25, 0.3) is 11.1 Å². The summed E-state index contributed by atoms with van der Waals surface area (Å²) in [5.41, 5.74) is 1.11. The maximum atomic E-state index is 12.6. The second-order valence-electron chi connectivity index (χ2n) is 5.32. The van der Waals surface area contributed by atoms with Crippen molar-refractivity contribution in [3.05, 3.63) is 53.1 Å². The summed E-state index contributed by atoms with van der Waals surface area (Å²) in [4.78, 5) is 15.5. The molecule has 3 aromatic rings. The van der Waals surface area contributed by atoms with Gasteiger partial charge in [-0.3, -0.25) is 0 Å². The Labute approximate surface area is 140 Å². The van der Waals surface area contributed by atoms with E-state index in [1.165, 1.54) is 24.3 Å². The van der Waals surface area contributed by atoms with Crippen LogP contribution in [-0.2, 0) is 12.6 Å². The van der Waals surface area contributed by atoms with E-state index in [4.69, 9.17) is 4.42 Å². The number of aromatic nitrogens is 1. The van der Waals surface area contributed by atoms with Crippen molar-refractivity contribution >= 4 is 28.8 Å². The highest BCUT2D eigenvalue weighted by molar-refractivity contribution is 5.95. The summed E-state index contributed by atoms with van der Waals surface area (Å²) in [6.07, 6.45) is -3.95. The van der Waals surface area contributed by atoms with E-state index in [0.29, 0.717) is 28.8 Å². The van der Waals surface area contributed by atoms with Crippen molar-refractivity contribution in [1.82, 2.24) is 4.98 Å². The monoisotopic (exact) mass is 350 g/mol. The SMILES string of the molecule is CCc1c(C(=O)O)ccc2oc(Nc3ccc(C(F)(F)F)cc3)nc12. The molecule has 0 radical (unpaired) electrons. The van der Waals surface area contributed by atoms with Crippen LogP contribution in [0, 0.1) is 0 Å². The van der Waals surface area contributed by atoms with Gasteiger partial charge in [-0.15, -0.1) is 0 Å². The molecule has 0 fully saturated rings. The average molecular weight is 350 g/mol. The Hall–Kier alpha value is -3.03. The molecular weight excluding hydrogens is 337 g/mol. The molecule has 0 saturated carbocycles. The van der Waals surface area contributed by atoms with Gasteiger partial charge in [0.1, 0.15) is 5.52 Å². The van der Waals surface area contributed by atoms with E-state index in [1.54, 1.807) is 6.92 Å². The molecule has 0 bridgehead atoms. The van der Waals surface area contributed by atoms with Crippen molar-refractivity contribution in [2.75, 3.05) is 5.32 Å². The third-order valence-corrected chi connectivity index (χ3v) is 3.71. The number of halogens is 3. The van der Waals surface area contributed by atoms with Gasteiger partial charge in [-0.2, -0.15) is 18.2 Å². The highest BCUT2D eigenvalue weighted by atomic mass is 19.4. The first kappa shape index (κ1) is 16.8. The molecule has 8 heteroatoms. The first-order valence-corrected chi connectivity index (χ1v) is 7.39. The van der Waals surface area contributed by atoms with Crippen LogP contribution in [0.15, 0.2) is 40.8 Å². The van der Waals surface area contributed by atoms with Gasteiger partial charge in [-0.05, 0) is 48.4 Å². The Morgan fingerprint density at radius 1 is 1.20 bits per heavy atom. The number of carbonyl (C=O) groups is 1. The molecule has 0 atom stereocenters. The molecule has 0 spiro atoms. The van der Waals surface area contributed by atoms with Crippen LogP contribution < -0.4 is 5.32 Å². The first-order valence-electron chi connectivity index (χ1n) is 7.39. The molecule has 5 nitrogen and oxygen atoms in total. The Bertz CT molecular complexity index is 931. The number of oxazole rings is 1. The largest absolute Gasteiger partial charge is 0.478 e.